The highest BCUT2D eigenvalue weighted by Crippen LogP contribution is 2.40. The first kappa shape index (κ1) is 27.6. The molecule has 2 aliphatic carbocycles. The third-order valence-electron chi connectivity index (χ3n) is 10.8. The zero-order chi connectivity index (χ0) is 31.3. The van der Waals surface area contributed by atoms with Crippen molar-refractivity contribution < 1.29 is 14.3 Å². The molecule has 2 aromatic carbocycles. The van der Waals surface area contributed by atoms with Gasteiger partial charge in [0.15, 0.2) is 5.82 Å². The number of nitrogens with two attached hydrogens (primary N) is 1. The van der Waals surface area contributed by atoms with Gasteiger partial charge in [-0.15, -0.1) is 0 Å². The second-order valence-electron chi connectivity index (χ2n) is 13.6. The summed E-state index contributed by atoms with van der Waals surface area (Å²) in [7, 11) is 3.65. The number of carbonyl (C=O) groups is 2. The van der Waals surface area contributed by atoms with Crippen LogP contribution in [0.3, 0.4) is 0 Å². The molecule has 3 aromatic heterocycles. The zero-order valence-electron chi connectivity index (χ0n) is 26.1. The lowest BCUT2D eigenvalue weighted by molar-refractivity contribution is 0.0700. The molecule has 2 saturated carbocycles. The SMILES string of the molecule is COc1cc(C(=O)N2CC3CCC2[C@@H]3N)cc2nc(-c3cc4ccc(-c5ccc6c(c5)CCNC6=O)nc4n3CC3CC3)n(C)c12. The summed E-state index contributed by atoms with van der Waals surface area (Å²) in [5.74, 6) is 2.41. The topological polar surface area (TPSA) is 120 Å². The van der Waals surface area contributed by atoms with E-state index in [9.17, 15) is 9.59 Å². The summed E-state index contributed by atoms with van der Waals surface area (Å²) in [6.07, 6.45) is 5.29. The number of ether oxygens (including phenoxy) is 1. The number of methoxy groups -OCH3 is 1. The molecule has 2 bridgehead atoms. The van der Waals surface area contributed by atoms with Crippen molar-refractivity contribution in [3.63, 3.8) is 0 Å². The fraction of sp³-hybridized carbons (Fsp3) is 0.389. The van der Waals surface area contributed by atoms with Crippen LogP contribution in [0.5, 0.6) is 5.75 Å². The number of nitrogens with one attached hydrogen (secondary N) is 1. The molecule has 10 heteroatoms. The molecule has 10 nitrogen and oxygen atoms in total. The molecule has 0 radical (unpaired) electrons. The Morgan fingerprint density at radius 3 is 2.70 bits per heavy atom. The Kier molecular flexibility index (Phi) is 6.09. The number of hydrogen-bond donors (Lipinski definition) is 2. The number of aromatic nitrogens is 4. The van der Waals surface area contributed by atoms with E-state index in [1.165, 1.54) is 12.8 Å². The van der Waals surface area contributed by atoms with Gasteiger partial charge in [-0.05, 0) is 92.0 Å². The van der Waals surface area contributed by atoms with Crippen LogP contribution in [0.15, 0.2) is 48.5 Å². The quantitative estimate of drug-likeness (QED) is 0.290. The number of fused-ring (bicyclic) bond motifs is 5. The van der Waals surface area contributed by atoms with Crippen LogP contribution in [0.1, 0.15) is 52.0 Å². The van der Waals surface area contributed by atoms with Crippen molar-refractivity contribution in [1.29, 1.82) is 0 Å². The van der Waals surface area contributed by atoms with Crippen LogP contribution in [0.25, 0.3) is 44.8 Å². The number of likely N-dealkylation sites (tertiary alicyclic amines) is 1. The number of imidazole rings is 1. The first-order chi connectivity index (χ1) is 22.4. The number of aryl methyl sites for hydroxylation is 1. The molecule has 234 valence electrons. The van der Waals surface area contributed by atoms with Crippen molar-refractivity contribution in [2.75, 3.05) is 20.2 Å². The molecule has 5 heterocycles. The zero-order valence-corrected chi connectivity index (χ0v) is 26.1. The summed E-state index contributed by atoms with van der Waals surface area (Å²) in [4.78, 5) is 38.4. The molecule has 4 aliphatic rings. The molecule has 2 unspecified atom stereocenters. The summed E-state index contributed by atoms with van der Waals surface area (Å²) >= 11 is 0. The van der Waals surface area contributed by atoms with Crippen molar-refractivity contribution in [3.05, 3.63) is 65.2 Å². The van der Waals surface area contributed by atoms with Gasteiger partial charge < -0.3 is 29.8 Å². The van der Waals surface area contributed by atoms with Gasteiger partial charge in [0.1, 0.15) is 16.9 Å². The van der Waals surface area contributed by atoms with Crippen molar-refractivity contribution in [2.24, 2.45) is 24.6 Å². The summed E-state index contributed by atoms with van der Waals surface area (Å²) in [5.41, 5.74) is 14.2. The number of amides is 2. The fourth-order valence-electron chi connectivity index (χ4n) is 8.07. The molecule has 3 N–H and O–H groups in total. The predicted molar refractivity (Wildman–Crippen MR) is 176 cm³/mol. The van der Waals surface area contributed by atoms with E-state index >= 15 is 0 Å². The van der Waals surface area contributed by atoms with Gasteiger partial charge in [0.2, 0.25) is 0 Å². The van der Waals surface area contributed by atoms with E-state index in [0.29, 0.717) is 29.7 Å². The summed E-state index contributed by atoms with van der Waals surface area (Å²) in [6, 6.07) is 16.3. The summed E-state index contributed by atoms with van der Waals surface area (Å²) in [6.45, 7) is 2.23. The third kappa shape index (κ3) is 4.19. The molecule has 2 amide bonds. The van der Waals surface area contributed by atoms with E-state index in [1.807, 2.05) is 36.2 Å². The Balaban J connectivity index is 1.14. The maximum absolute atomic E-state index is 13.7. The van der Waals surface area contributed by atoms with Crippen LogP contribution in [0.4, 0.5) is 0 Å². The number of carbonyl (C=O) groups excluding carboxylic acids is 2. The van der Waals surface area contributed by atoms with Crippen LogP contribution < -0.4 is 15.8 Å². The normalized spacial score (nSPS) is 22.1. The Labute approximate surface area is 266 Å². The number of benzene rings is 2. The average Bonchev–Trinajstić information content (AvgIpc) is 3.47. The van der Waals surface area contributed by atoms with Crippen molar-refractivity contribution >= 4 is 33.9 Å². The van der Waals surface area contributed by atoms with Crippen LogP contribution >= 0.6 is 0 Å². The monoisotopic (exact) mass is 615 g/mol. The van der Waals surface area contributed by atoms with E-state index < -0.39 is 0 Å². The number of pyridine rings is 1. The second kappa shape index (κ2) is 10.2. The minimum Gasteiger partial charge on any atom is -0.494 e. The van der Waals surface area contributed by atoms with Crippen molar-refractivity contribution in [2.45, 2.75) is 50.7 Å². The highest BCUT2D eigenvalue weighted by Gasteiger charge is 2.47. The van der Waals surface area contributed by atoms with E-state index in [4.69, 9.17) is 20.4 Å². The predicted octanol–water partition coefficient (Wildman–Crippen LogP) is 4.52. The van der Waals surface area contributed by atoms with Gasteiger partial charge in [0, 0.05) is 60.8 Å². The first-order valence-electron chi connectivity index (χ1n) is 16.4. The first-order valence-corrected chi connectivity index (χ1v) is 16.4. The molecule has 5 aromatic rings. The van der Waals surface area contributed by atoms with E-state index in [-0.39, 0.29) is 23.9 Å². The lowest BCUT2D eigenvalue weighted by Crippen LogP contribution is -2.41. The molecular weight excluding hydrogens is 578 g/mol. The number of hydrogen-bond acceptors (Lipinski definition) is 6. The standard InChI is InChI=1S/C36H37N7O3/c1-41-32-27(14-24(16-30(32)46-2)36(45)43-18-23-7-10-28(43)31(23)37)40-34(41)29-15-22-6-9-26(39-33(22)42(29)17-19-3-4-19)21-5-8-25-20(13-21)11-12-38-35(25)44/h5-6,8-9,13-16,19,23,28,31H,3-4,7,10-12,17-18,37H2,1-2H3,(H,38,44)/t23?,28?,31-/m1/s1. The molecule has 46 heavy (non-hydrogen) atoms. The highest BCUT2D eigenvalue weighted by molar-refractivity contribution is 6.01. The van der Waals surface area contributed by atoms with Crippen LogP contribution in [-0.2, 0) is 20.0 Å². The van der Waals surface area contributed by atoms with Gasteiger partial charge in [-0.25, -0.2) is 9.97 Å². The van der Waals surface area contributed by atoms with Gasteiger partial charge in [0.25, 0.3) is 11.8 Å². The van der Waals surface area contributed by atoms with E-state index in [2.05, 4.69) is 38.7 Å². The highest BCUT2D eigenvalue weighted by atomic mass is 16.5. The number of piperidine rings is 1. The second-order valence-corrected chi connectivity index (χ2v) is 13.6. The van der Waals surface area contributed by atoms with Crippen LogP contribution in [-0.4, -0.2) is 68.1 Å². The van der Waals surface area contributed by atoms with E-state index in [1.54, 1.807) is 7.11 Å². The molecule has 1 saturated heterocycles. The lowest BCUT2D eigenvalue weighted by Gasteiger charge is -2.27. The third-order valence-corrected chi connectivity index (χ3v) is 10.8. The molecule has 0 spiro atoms. The maximum atomic E-state index is 13.7. The Hall–Kier alpha value is -4.70. The molecule has 2 aliphatic heterocycles. The molecule has 3 fully saturated rings. The Morgan fingerprint density at radius 1 is 1.07 bits per heavy atom. The van der Waals surface area contributed by atoms with Gasteiger partial charge in [-0.2, -0.15) is 0 Å². The molecule has 3 atom stereocenters. The average molecular weight is 616 g/mol. The van der Waals surface area contributed by atoms with E-state index in [0.717, 1.165) is 88.3 Å². The minimum absolute atomic E-state index is 0.00237. The van der Waals surface area contributed by atoms with Gasteiger partial charge in [0.05, 0.1) is 24.0 Å². The van der Waals surface area contributed by atoms with Gasteiger partial charge >= 0.3 is 0 Å². The summed E-state index contributed by atoms with van der Waals surface area (Å²) < 4.78 is 10.3. The Morgan fingerprint density at radius 2 is 1.93 bits per heavy atom. The molecule has 9 rings (SSSR count). The maximum Gasteiger partial charge on any atom is 0.254 e. The van der Waals surface area contributed by atoms with Crippen molar-refractivity contribution in [1.82, 2.24) is 29.3 Å². The van der Waals surface area contributed by atoms with Gasteiger partial charge in [-0.1, -0.05) is 6.07 Å². The van der Waals surface area contributed by atoms with Gasteiger partial charge in [-0.3, -0.25) is 9.59 Å². The molecular formula is C36H37N7O3. The minimum atomic E-state index is -0.0121. The van der Waals surface area contributed by atoms with Crippen molar-refractivity contribution in [3.8, 4) is 28.5 Å². The largest absolute Gasteiger partial charge is 0.494 e. The van der Waals surface area contributed by atoms with Crippen LogP contribution in [0.2, 0.25) is 0 Å². The number of rotatable bonds is 6. The fourth-order valence-corrected chi connectivity index (χ4v) is 8.07. The Bertz CT molecular complexity index is 2090. The van der Waals surface area contributed by atoms with Crippen LogP contribution in [0, 0.1) is 11.8 Å². The number of nitrogens with zero attached hydrogens (tertiary/aromatic N) is 5. The summed E-state index contributed by atoms with van der Waals surface area (Å²) in [5, 5.41) is 3.97. The lowest BCUT2D eigenvalue weighted by atomic mass is 9.96. The smallest absolute Gasteiger partial charge is 0.254 e.